The van der Waals surface area contributed by atoms with E-state index in [1.165, 1.54) is 20.6 Å². The average Bonchev–Trinajstić information content (AvgIpc) is 2.83. The number of nitrogens with one attached hydrogen (secondary N) is 2. The summed E-state index contributed by atoms with van der Waals surface area (Å²) in [6.45, 7) is 2.64. The molecule has 1 aliphatic heterocycles. The highest BCUT2D eigenvalue weighted by Crippen LogP contribution is 2.31. The Bertz CT molecular complexity index is 919. The van der Waals surface area contributed by atoms with E-state index in [1.54, 1.807) is 31.4 Å². The minimum Gasteiger partial charge on any atom is -0.496 e. The summed E-state index contributed by atoms with van der Waals surface area (Å²) in [6, 6.07) is 10.6. The standard InChI is InChI=1S/C24H31N3O5/c1-30-15-12-25-23(28)18-16-17(10-11-19(18)27-13-5-4-6-14-27)26-24(29)22-20(31-2)8-7-9-21(22)32-3/h7-11,16H,4-6,12-15H2,1-3H3,(H,25,28)(H,26,29). The molecule has 1 fully saturated rings. The molecule has 0 bridgehead atoms. The van der Waals surface area contributed by atoms with E-state index in [2.05, 4.69) is 15.5 Å². The van der Waals surface area contributed by atoms with Crippen LogP contribution in [0.15, 0.2) is 36.4 Å². The fourth-order valence-electron chi connectivity index (χ4n) is 3.84. The largest absolute Gasteiger partial charge is 0.496 e. The van der Waals surface area contributed by atoms with Crippen molar-refractivity contribution in [1.29, 1.82) is 0 Å². The highest BCUT2D eigenvalue weighted by molar-refractivity contribution is 6.09. The molecule has 0 aromatic heterocycles. The van der Waals surface area contributed by atoms with Gasteiger partial charge < -0.3 is 29.7 Å². The summed E-state index contributed by atoms with van der Waals surface area (Å²) in [6.07, 6.45) is 3.38. The van der Waals surface area contributed by atoms with Gasteiger partial charge in [-0.2, -0.15) is 0 Å². The first-order chi connectivity index (χ1) is 15.6. The van der Waals surface area contributed by atoms with Crippen molar-refractivity contribution in [2.75, 3.05) is 57.8 Å². The molecule has 0 saturated carbocycles. The quantitative estimate of drug-likeness (QED) is 0.581. The van der Waals surface area contributed by atoms with Crippen LogP contribution >= 0.6 is 0 Å². The number of hydrogen-bond acceptors (Lipinski definition) is 6. The fraction of sp³-hybridized carbons (Fsp3) is 0.417. The second kappa shape index (κ2) is 11.4. The molecule has 2 aromatic carbocycles. The molecule has 3 rings (SSSR count). The Morgan fingerprint density at radius 2 is 1.62 bits per heavy atom. The van der Waals surface area contributed by atoms with Crippen molar-refractivity contribution >= 4 is 23.2 Å². The Morgan fingerprint density at radius 1 is 0.938 bits per heavy atom. The minimum atomic E-state index is -0.379. The number of benzene rings is 2. The van der Waals surface area contributed by atoms with E-state index in [0.29, 0.717) is 41.5 Å². The molecule has 2 amide bonds. The van der Waals surface area contributed by atoms with E-state index in [-0.39, 0.29) is 11.8 Å². The van der Waals surface area contributed by atoms with Gasteiger partial charge in [0, 0.05) is 38.1 Å². The lowest BCUT2D eigenvalue weighted by Crippen LogP contribution is -2.33. The monoisotopic (exact) mass is 441 g/mol. The summed E-state index contributed by atoms with van der Waals surface area (Å²) in [5.41, 5.74) is 2.20. The first kappa shape index (κ1) is 23.4. The summed E-state index contributed by atoms with van der Waals surface area (Å²) in [5, 5.41) is 5.76. The highest BCUT2D eigenvalue weighted by atomic mass is 16.5. The van der Waals surface area contributed by atoms with Crippen molar-refractivity contribution in [3.63, 3.8) is 0 Å². The molecule has 8 heteroatoms. The number of rotatable bonds is 9. The highest BCUT2D eigenvalue weighted by Gasteiger charge is 2.22. The Kier molecular flexibility index (Phi) is 8.33. The molecule has 0 atom stereocenters. The molecule has 2 aromatic rings. The SMILES string of the molecule is COCCNC(=O)c1cc(NC(=O)c2c(OC)cccc2OC)ccc1N1CCCCC1. The van der Waals surface area contributed by atoms with Crippen LogP contribution < -0.4 is 25.0 Å². The molecule has 2 N–H and O–H groups in total. The van der Waals surface area contributed by atoms with Crippen molar-refractivity contribution in [3.8, 4) is 11.5 Å². The van der Waals surface area contributed by atoms with Gasteiger partial charge in [0.2, 0.25) is 0 Å². The van der Waals surface area contributed by atoms with Gasteiger partial charge in [-0.3, -0.25) is 9.59 Å². The van der Waals surface area contributed by atoms with E-state index in [0.717, 1.165) is 31.6 Å². The van der Waals surface area contributed by atoms with Gasteiger partial charge in [-0.15, -0.1) is 0 Å². The second-order valence-corrected chi connectivity index (χ2v) is 7.52. The van der Waals surface area contributed by atoms with Crippen LogP contribution in [0.5, 0.6) is 11.5 Å². The van der Waals surface area contributed by atoms with Crippen LogP contribution in [0.4, 0.5) is 11.4 Å². The molecular formula is C24H31N3O5. The van der Waals surface area contributed by atoms with Crippen molar-refractivity contribution in [2.24, 2.45) is 0 Å². The van der Waals surface area contributed by atoms with Crippen molar-refractivity contribution in [2.45, 2.75) is 19.3 Å². The average molecular weight is 442 g/mol. The van der Waals surface area contributed by atoms with Crippen LogP contribution in [0.2, 0.25) is 0 Å². The zero-order valence-electron chi connectivity index (χ0n) is 18.9. The summed E-state index contributed by atoms with van der Waals surface area (Å²) in [4.78, 5) is 28.2. The lowest BCUT2D eigenvalue weighted by Gasteiger charge is -2.30. The van der Waals surface area contributed by atoms with Gasteiger partial charge in [0.05, 0.1) is 26.4 Å². The van der Waals surface area contributed by atoms with Gasteiger partial charge in [0.25, 0.3) is 11.8 Å². The van der Waals surface area contributed by atoms with Crippen LogP contribution in [0.3, 0.4) is 0 Å². The second-order valence-electron chi connectivity index (χ2n) is 7.52. The summed E-state index contributed by atoms with van der Waals surface area (Å²) >= 11 is 0. The number of nitrogens with zero attached hydrogens (tertiary/aromatic N) is 1. The zero-order valence-corrected chi connectivity index (χ0v) is 18.9. The van der Waals surface area contributed by atoms with Gasteiger partial charge in [-0.1, -0.05) is 6.07 Å². The zero-order chi connectivity index (χ0) is 22.9. The number of anilines is 2. The molecule has 1 heterocycles. The molecule has 172 valence electrons. The summed E-state index contributed by atoms with van der Waals surface area (Å²) in [5.74, 6) is 0.234. The molecule has 1 saturated heterocycles. The van der Waals surface area contributed by atoms with Gasteiger partial charge in [-0.05, 0) is 49.6 Å². The van der Waals surface area contributed by atoms with E-state index in [9.17, 15) is 9.59 Å². The molecule has 8 nitrogen and oxygen atoms in total. The predicted octanol–water partition coefficient (Wildman–Crippen LogP) is 3.32. The maximum atomic E-state index is 13.1. The molecular weight excluding hydrogens is 410 g/mol. The van der Waals surface area contributed by atoms with Gasteiger partial charge in [0.15, 0.2) is 0 Å². The fourth-order valence-corrected chi connectivity index (χ4v) is 3.84. The van der Waals surface area contributed by atoms with Crippen LogP contribution in [0.25, 0.3) is 0 Å². The number of amides is 2. The first-order valence-electron chi connectivity index (χ1n) is 10.8. The normalized spacial score (nSPS) is 13.4. The van der Waals surface area contributed by atoms with Crippen LogP contribution in [0.1, 0.15) is 40.0 Å². The third-order valence-electron chi connectivity index (χ3n) is 5.44. The van der Waals surface area contributed by atoms with Crippen molar-refractivity contribution in [1.82, 2.24) is 5.32 Å². The Balaban J connectivity index is 1.89. The Labute approximate surface area is 188 Å². The maximum absolute atomic E-state index is 13.1. The number of hydrogen-bond donors (Lipinski definition) is 2. The summed E-state index contributed by atoms with van der Waals surface area (Å²) in [7, 11) is 4.59. The van der Waals surface area contributed by atoms with Gasteiger partial charge in [0.1, 0.15) is 17.1 Å². The minimum absolute atomic E-state index is 0.200. The van der Waals surface area contributed by atoms with Gasteiger partial charge in [-0.25, -0.2) is 0 Å². The molecule has 0 aliphatic carbocycles. The van der Waals surface area contributed by atoms with E-state index < -0.39 is 0 Å². The topological polar surface area (TPSA) is 89.1 Å². The van der Waals surface area contributed by atoms with E-state index in [1.807, 2.05) is 12.1 Å². The van der Waals surface area contributed by atoms with Gasteiger partial charge >= 0.3 is 0 Å². The predicted molar refractivity (Wildman–Crippen MR) is 124 cm³/mol. The third-order valence-corrected chi connectivity index (χ3v) is 5.44. The van der Waals surface area contributed by atoms with Crippen molar-refractivity contribution in [3.05, 3.63) is 47.5 Å². The van der Waals surface area contributed by atoms with Crippen LogP contribution in [-0.4, -0.2) is 59.4 Å². The first-order valence-corrected chi connectivity index (χ1v) is 10.8. The molecule has 1 aliphatic rings. The van der Waals surface area contributed by atoms with Crippen LogP contribution in [0, 0.1) is 0 Å². The number of ether oxygens (including phenoxy) is 3. The number of carbonyl (C=O) groups excluding carboxylic acids is 2. The van der Waals surface area contributed by atoms with E-state index in [4.69, 9.17) is 14.2 Å². The lowest BCUT2D eigenvalue weighted by molar-refractivity contribution is 0.0936. The molecule has 0 unspecified atom stereocenters. The molecule has 0 radical (unpaired) electrons. The smallest absolute Gasteiger partial charge is 0.263 e. The number of methoxy groups -OCH3 is 3. The maximum Gasteiger partial charge on any atom is 0.263 e. The lowest BCUT2D eigenvalue weighted by atomic mass is 10.1. The molecule has 32 heavy (non-hydrogen) atoms. The number of carbonyl (C=O) groups is 2. The Morgan fingerprint density at radius 3 is 2.25 bits per heavy atom. The van der Waals surface area contributed by atoms with Crippen molar-refractivity contribution < 1.29 is 23.8 Å². The number of piperidine rings is 1. The van der Waals surface area contributed by atoms with Crippen LogP contribution in [-0.2, 0) is 4.74 Å². The molecule has 0 spiro atoms. The summed E-state index contributed by atoms with van der Waals surface area (Å²) < 4.78 is 15.7. The Hall–Kier alpha value is -3.26. The third kappa shape index (κ3) is 5.50. The van der Waals surface area contributed by atoms with E-state index >= 15 is 0 Å².